The molecule has 1 N–H and O–H groups in total. The first kappa shape index (κ1) is 14.5. The minimum absolute atomic E-state index is 0.0896. The minimum Gasteiger partial charge on any atom is -0.309 e. The maximum atomic E-state index is 14.0. The lowest BCUT2D eigenvalue weighted by molar-refractivity contribution is 0.144. The Balaban J connectivity index is 2.09. The number of rotatable bonds is 5. The van der Waals surface area contributed by atoms with Gasteiger partial charge in [0.25, 0.3) is 0 Å². The van der Waals surface area contributed by atoms with Gasteiger partial charge in [-0.3, -0.25) is 4.90 Å². The highest BCUT2D eigenvalue weighted by atomic mass is 19.1. The molecule has 2 unspecified atom stereocenters. The average Bonchev–Trinajstić information content (AvgIpc) is 2.41. The number of hydrogen-bond donors (Lipinski definition) is 1. The summed E-state index contributed by atoms with van der Waals surface area (Å²) in [6.07, 6.45) is 3.85. The molecule has 0 amide bonds. The van der Waals surface area contributed by atoms with E-state index in [-0.39, 0.29) is 11.9 Å². The number of nitrogens with one attached hydrogen (secondary N) is 1. The van der Waals surface area contributed by atoms with Gasteiger partial charge < -0.3 is 5.32 Å². The molecule has 0 bridgehead atoms. The van der Waals surface area contributed by atoms with Gasteiger partial charge in [-0.05, 0) is 38.9 Å². The molecule has 1 fully saturated rings. The first-order valence-corrected chi connectivity index (χ1v) is 7.44. The van der Waals surface area contributed by atoms with Gasteiger partial charge >= 0.3 is 0 Å². The molecule has 106 valence electrons. The van der Waals surface area contributed by atoms with Crippen molar-refractivity contribution in [3.8, 4) is 0 Å². The van der Waals surface area contributed by atoms with Crippen molar-refractivity contribution in [1.29, 1.82) is 0 Å². The number of piperidine rings is 1. The Morgan fingerprint density at radius 3 is 2.84 bits per heavy atom. The molecule has 2 nitrogen and oxygen atoms in total. The second-order valence-corrected chi connectivity index (χ2v) is 5.47. The third-order valence-electron chi connectivity index (χ3n) is 4.09. The molecule has 0 aliphatic carbocycles. The Labute approximate surface area is 116 Å². The molecule has 1 aromatic carbocycles. The number of likely N-dealkylation sites (N-methyl/N-ethyl adjacent to an activating group) is 1. The SMILES string of the molecule is CCNC(CN1CCCCC1C)c1ccccc1F. The van der Waals surface area contributed by atoms with E-state index in [0.29, 0.717) is 6.04 Å². The molecule has 1 aromatic rings. The molecule has 1 aliphatic heterocycles. The van der Waals surface area contributed by atoms with E-state index in [1.165, 1.54) is 19.3 Å². The topological polar surface area (TPSA) is 15.3 Å². The van der Waals surface area contributed by atoms with E-state index in [1.807, 2.05) is 12.1 Å². The van der Waals surface area contributed by atoms with Gasteiger partial charge in [0.1, 0.15) is 5.82 Å². The highest BCUT2D eigenvalue weighted by Crippen LogP contribution is 2.22. The molecule has 19 heavy (non-hydrogen) atoms. The fourth-order valence-corrected chi connectivity index (χ4v) is 2.94. The standard InChI is InChI=1S/C16H25FN2/c1-3-18-16(14-9-4-5-10-15(14)17)12-19-11-7-6-8-13(19)2/h4-5,9-10,13,16,18H,3,6-8,11-12H2,1-2H3. The average molecular weight is 264 g/mol. The minimum atomic E-state index is -0.0990. The van der Waals surface area contributed by atoms with E-state index in [1.54, 1.807) is 12.1 Å². The van der Waals surface area contributed by atoms with Crippen LogP contribution in [-0.4, -0.2) is 30.6 Å². The zero-order valence-electron chi connectivity index (χ0n) is 12.0. The van der Waals surface area contributed by atoms with Crippen LogP contribution in [0.2, 0.25) is 0 Å². The first-order chi connectivity index (χ1) is 9.22. The molecule has 0 spiro atoms. The lowest BCUT2D eigenvalue weighted by Gasteiger charge is -2.36. The van der Waals surface area contributed by atoms with Crippen LogP contribution in [-0.2, 0) is 0 Å². The number of hydrogen-bond acceptors (Lipinski definition) is 2. The number of halogens is 1. The van der Waals surface area contributed by atoms with Gasteiger partial charge in [0, 0.05) is 24.2 Å². The van der Waals surface area contributed by atoms with E-state index < -0.39 is 0 Å². The third kappa shape index (κ3) is 3.77. The predicted octanol–water partition coefficient (Wildman–Crippen LogP) is 3.35. The third-order valence-corrected chi connectivity index (χ3v) is 4.09. The fraction of sp³-hybridized carbons (Fsp3) is 0.625. The molecule has 0 radical (unpaired) electrons. The van der Waals surface area contributed by atoms with Crippen LogP contribution in [0.4, 0.5) is 4.39 Å². The van der Waals surface area contributed by atoms with Crippen molar-refractivity contribution in [3.63, 3.8) is 0 Å². The Morgan fingerprint density at radius 1 is 1.37 bits per heavy atom. The summed E-state index contributed by atoms with van der Waals surface area (Å²) < 4.78 is 14.0. The predicted molar refractivity (Wildman–Crippen MR) is 77.7 cm³/mol. The van der Waals surface area contributed by atoms with Crippen molar-refractivity contribution in [2.45, 2.75) is 45.2 Å². The highest BCUT2D eigenvalue weighted by Gasteiger charge is 2.23. The summed E-state index contributed by atoms with van der Waals surface area (Å²) in [7, 11) is 0. The van der Waals surface area contributed by atoms with E-state index in [2.05, 4.69) is 24.1 Å². The molecule has 0 aromatic heterocycles. The molecular formula is C16H25FN2. The normalized spacial score (nSPS) is 22.4. The van der Waals surface area contributed by atoms with Crippen molar-refractivity contribution in [3.05, 3.63) is 35.6 Å². The van der Waals surface area contributed by atoms with Crippen molar-refractivity contribution in [1.82, 2.24) is 10.2 Å². The Hall–Kier alpha value is -0.930. The van der Waals surface area contributed by atoms with Gasteiger partial charge in [-0.25, -0.2) is 4.39 Å². The maximum Gasteiger partial charge on any atom is 0.128 e. The lowest BCUT2D eigenvalue weighted by atomic mass is 10.00. The Morgan fingerprint density at radius 2 is 2.16 bits per heavy atom. The zero-order valence-corrected chi connectivity index (χ0v) is 12.0. The fourth-order valence-electron chi connectivity index (χ4n) is 2.94. The van der Waals surface area contributed by atoms with E-state index in [9.17, 15) is 4.39 Å². The summed E-state index contributed by atoms with van der Waals surface area (Å²) in [5.74, 6) is -0.0990. The van der Waals surface area contributed by atoms with Gasteiger partial charge in [0.05, 0.1) is 0 Å². The van der Waals surface area contributed by atoms with E-state index in [0.717, 1.165) is 25.2 Å². The van der Waals surface area contributed by atoms with Gasteiger partial charge in [-0.2, -0.15) is 0 Å². The second-order valence-electron chi connectivity index (χ2n) is 5.47. The Bertz CT molecular complexity index is 394. The largest absolute Gasteiger partial charge is 0.309 e. The smallest absolute Gasteiger partial charge is 0.128 e. The highest BCUT2D eigenvalue weighted by molar-refractivity contribution is 5.21. The van der Waals surface area contributed by atoms with Crippen LogP contribution in [0.15, 0.2) is 24.3 Å². The zero-order chi connectivity index (χ0) is 13.7. The van der Waals surface area contributed by atoms with Crippen molar-refractivity contribution >= 4 is 0 Å². The molecule has 2 atom stereocenters. The molecule has 1 heterocycles. The maximum absolute atomic E-state index is 14.0. The molecule has 3 heteroatoms. The van der Waals surface area contributed by atoms with Gasteiger partial charge in [-0.1, -0.05) is 31.5 Å². The summed E-state index contributed by atoms with van der Waals surface area (Å²) in [5, 5.41) is 3.43. The van der Waals surface area contributed by atoms with Crippen molar-refractivity contribution in [2.75, 3.05) is 19.6 Å². The van der Waals surface area contributed by atoms with Crippen LogP contribution in [0, 0.1) is 5.82 Å². The van der Waals surface area contributed by atoms with Crippen LogP contribution in [0.25, 0.3) is 0 Å². The molecular weight excluding hydrogens is 239 g/mol. The van der Waals surface area contributed by atoms with E-state index >= 15 is 0 Å². The molecule has 2 rings (SSSR count). The molecule has 0 saturated carbocycles. The summed E-state index contributed by atoms with van der Waals surface area (Å²) >= 11 is 0. The molecule has 1 saturated heterocycles. The summed E-state index contributed by atoms with van der Waals surface area (Å²) in [6, 6.07) is 7.83. The summed E-state index contributed by atoms with van der Waals surface area (Å²) in [4.78, 5) is 2.49. The summed E-state index contributed by atoms with van der Waals surface area (Å²) in [6.45, 7) is 7.26. The van der Waals surface area contributed by atoms with Gasteiger partial charge in [0.2, 0.25) is 0 Å². The number of nitrogens with zero attached hydrogens (tertiary/aromatic N) is 1. The molecule has 1 aliphatic rings. The van der Waals surface area contributed by atoms with Crippen LogP contribution >= 0.6 is 0 Å². The monoisotopic (exact) mass is 264 g/mol. The second kappa shape index (κ2) is 7.01. The van der Waals surface area contributed by atoms with Crippen LogP contribution in [0.3, 0.4) is 0 Å². The van der Waals surface area contributed by atoms with Crippen LogP contribution in [0.5, 0.6) is 0 Å². The van der Waals surface area contributed by atoms with Gasteiger partial charge in [0.15, 0.2) is 0 Å². The number of benzene rings is 1. The first-order valence-electron chi connectivity index (χ1n) is 7.44. The van der Waals surface area contributed by atoms with Gasteiger partial charge in [-0.15, -0.1) is 0 Å². The Kier molecular flexibility index (Phi) is 5.34. The quantitative estimate of drug-likeness (QED) is 0.877. The summed E-state index contributed by atoms with van der Waals surface area (Å²) in [5.41, 5.74) is 0.794. The van der Waals surface area contributed by atoms with Crippen molar-refractivity contribution in [2.24, 2.45) is 0 Å². The lowest BCUT2D eigenvalue weighted by Crippen LogP contribution is -2.43. The van der Waals surface area contributed by atoms with E-state index in [4.69, 9.17) is 0 Å². The number of likely N-dealkylation sites (tertiary alicyclic amines) is 1. The van der Waals surface area contributed by atoms with Crippen molar-refractivity contribution < 1.29 is 4.39 Å². The van der Waals surface area contributed by atoms with Crippen LogP contribution < -0.4 is 5.32 Å². The van der Waals surface area contributed by atoms with Crippen LogP contribution in [0.1, 0.15) is 44.7 Å².